The molecule has 1 atom stereocenters. The number of aromatic nitrogens is 3. The quantitative estimate of drug-likeness (QED) is 0.632. The second-order valence-corrected chi connectivity index (χ2v) is 6.20. The predicted molar refractivity (Wildman–Crippen MR) is 96.1 cm³/mol. The first-order chi connectivity index (χ1) is 11.7. The summed E-state index contributed by atoms with van der Waals surface area (Å²) in [5.41, 5.74) is 2.41. The van der Waals surface area contributed by atoms with E-state index in [1.165, 1.54) is 10.9 Å². The molecule has 0 spiro atoms. The number of nitrogens with zero attached hydrogens (tertiary/aromatic N) is 2. The normalized spacial score (nSPS) is 16.3. The third kappa shape index (κ3) is 2.85. The van der Waals surface area contributed by atoms with Crippen LogP contribution >= 0.6 is 11.6 Å². The van der Waals surface area contributed by atoms with Crippen LogP contribution in [0.4, 0.5) is 11.6 Å². The summed E-state index contributed by atoms with van der Waals surface area (Å²) in [6.07, 6.45) is 2.98. The van der Waals surface area contributed by atoms with Gasteiger partial charge in [-0.05, 0) is 36.6 Å². The highest BCUT2D eigenvalue weighted by molar-refractivity contribution is 6.28. The Morgan fingerprint density at radius 2 is 2.21 bits per heavy atom. The minimum Gasteiger partial charge on any atom is -0.482 e. The van der Waals surface area contributed by atoms with Crippen molar-refractivity contribution in [2.45, 2.75) is 19.4 Å². The van der Waals surface area contributed by atoms with Gasteiger partial charge in [0.2, 0.25) is 11.0 Å². The Labute approximate surface area is 144 Å². The maximum absolute atomic E-state index is 6.01. The molecule has 0 saturated carbocycles. The summed E-state index contributed by atoms with van der Waals surface area (Å²) in [7, 11) is 0. The SMILES string of the molecule is C[C@@H]1CNc2nc(Cl)nc(NCCc3c[nH]c4ccccc34)c2O1. The zero-order valence-electron chi connectivity index (χ0n) is 13.3. The van der Waals surface area contributed by atoms with Crippen LogP contribution in [-0.4, -0.2) is 34.1 Å². The summed E-state index contributed by atoms with van der Waals surface area (Å²) >= 11 is 6.01. The molecule has 0 aliphatic carbocycles. The molecule has 6 nitrogen and oxygen atoms in total. The molecule has 0 saturated heterocycles. The van der Waals surface area contributed by atoms with Gasteiger partial charge in [-0.25, -0.2) is 0 Å². The highest BCUT2D eigenvalue weighted by Crippen LogP contribution is 2.34. The first-order valence-corrected chi connectivity index (χ1v) is 8.35. The first-order valence-electron chi connectivity index (χ1n) is 7.97. The van der Waals surface area contributed by atoms with Crippen LogP contribution in [0.5, 0.6) is 5.75 Å². The van der Waals surface area contributed by atoms with Crippen molar-refractivity contribution in [1.82, 2.24) is 15.0 Å². The minimum atomic E-state index is 0.0662. The largest absolute Gasteiger partial charge is 0.482 e. The number of nitrogens with one attached hydrogen (secondary N) is 3. The smallest absolute Gasteiger partial charge is 0.226 e. The zero-order chi connectivity index (χ0) is 16.5. The van der Waals surface area contributed by atoms with Gasteiger partial charge in [0.15, 0.2) is 11.6 Å². The van der Waals surface area contributed by atoms with Crippen molar-refractivity contribution in [2.24, 2.45) is 0 Å². The third-order valence-electron chi connectivity index (χ3n) is 4.08. The lowest BCUT2D eigenvalue weighted by atomic mass is 10.1. The van der Waals surface area contributed by atoms with Crippen LogP contribution in [0.3, 0.4) is 0 Å². The van der Waals surface area contributed by atoms with Crippen LogP contribution in [0, 0.1) is 0 Å². The van der Waals surface area contributed by atoms with E-state index >= 15 is 0 Å². The monoisotopic (exact) mass is 343 g/mol. The maximum atomic E-state index is 6.01. The average molecular weight is 344 g/mol. The van der Waals surface area contributed by atoms with Crippen LogP contribution in [-0.2, 0) is 6.42 Å². The number of hydrogen-bond acceptors (Lipinski definition) is 5. The molecule has 0 radical (unpaired) electrons. The fraction of sp³-hybridized carbons (Fsp3) is 0.294. The van der Waals surface area contributed by atoms with Crippen LogP contribution in [0.2, 0.25) is 5.28 Å². The number of fused-ring (bicyclic) bond motifs is 2. The lowest BCUT2D eigenvalue weighted by molar-refractivity contribution is 0.225. The molecular formula is C17H18ClN5O. The molecule has 1 aromatic carbocycles. The summed E-state index contributed by atoms with van der Waals surface area (Å²) in [6.45, 7) is 3.43. The number of ether oxygens (including phenoxy) is 1. The van der Waals surface area contributed by atoms with Crippen LogP contribution in [0.25, 0.3) is 10.9 Å². The number of para-hydroxylation sites is 1. The van der Waals surface area contributed by atoms with Gasteiger partial charge in [0, 0.05) is 23.6 Å². The van der Waals surface area contributed by atoms with Crippen LogP contribution in [0.1, 0.15) is 12.5 Å². The highest BCUT2D eigenvalue weighted by Gasteiger charge is 2.22. The molecule has 3 aromatic rings. The van der Waals surface area contributed by atoms with E-state index in [1.807, 2.05) is 13.0 Å². The Kier molecular flexibility index (Phi) is 3.90. The van der Waals surface area contributed by atoms with Crippen molar-refractivity contribution in [3.8, 4) is 5.75 Å². The Balaban J connectivity index is 1.51. The molecule has 4 rings (SSSR count). The number of halogens is 1. The number of H-pyrrole nitrogens is 1. The lowest BCUT2D eigenvalue weighted by Gasteiger charge is -2.25. The summed E-state index contributed by atoms with van der Waals surface area (Å²) in [4.78, 5) is 11.7. The lowest BCUT2D eigenvalue weighted by Crippen LogP contribution is -2.29. The zero-order valence-corrected chi connectivity index (χ0v) is 14.0. The molecule has 0 fully saturated rings. The Morgan fingerprint density at radius 1 is 1.33 bits per heavy atom. The molecule has 24 heavy (non-hydrogen) atoms. The van der Waals surface area contributed by atoms with Gasteiger partial charge < -0.3 is 20.4 Å². The Morgan fingerprint density at radius 3 is 3.12 bits per heavy atom. The van der Waals surface area contributed by atoms with E-state index in [1.54, 1.807) is 0 Å². The standard InChI is InChI=1S/C17H18ClN5O/c1-10-8-21-16-14(24-10)15(22-17(18)23-16)19-7-6-11-9-20-13-5-3-2-4-12(11)13/h2-5,9-10,20H,6-8H2,1H3,(H2,19,21,22,23)/t10-/m1/s1. The molecule has 7 heteroatoms. The number of anilines is 2. The summed E-state index contributed by atoms with van der Waals surface area (Å²) in [5.74, 6) is 1.91. The van der Waals surface area contributed by atoms with E-state index in [-0.39, 0.29) is 11.4 Å². The third-order valence-corrected chi connectivity index (χ3v) is 4.25. The summed E-state index contributed by atoms with van der Waals surface area (Å²) in [5, 5.41) is 7.99. The van der Waals surface area contributed by atoms with E-state index < -0.39 is 0 Å². The number of hydrogen-bond donors (Lipinski definition) is 3. The Bertz CT molecular complexity index is 879. The second-order valence-electron chi connectivity index (χ2n) is 5.86. The highest BCUT2D eigenvalue weighted by atomic mass is 35.5. The van der Waals surface area contributed by atoms with E-state index in [9.17, 15) is 0 Å². The van der Waals surface area contributed by atoms with Crippen LogP contribution < -0.4 is 15.4 Å². The minimum absolute atomic E-state index is 0.0662. The first kappa shape index (κ1) is 15.1. The fourth-order valence-corrected chi connectivity index (χ4v) is 3.08. The topological polar surface area (TPSA) is 74.9 Å². The second kappa shape index (κ2) is 6.20. The number of benzene rings is 1. The van der Waals surface area contributed by atoms with E-state index in [0.717, 1.165) is 18.5 Å². The van der Waals surface area contributed by atoms with E-state index in [0.29, 0.717) is 23.9 Å². The summed E-state index contributed by atoms with van der Waals surface area (Å²) in [6, 6.07) is 8.28. The van der Waals surface area contributed by atoms with E-state index in [2.05, 4.69) is 50.0 Å². The van der Waals surface area contributed by atoms with Gasteiger partial charge in [-0.15, -0.1) is 0 Å². The van der Waals surface area contributed by atoms with E-state index in [4.69, 9.17) is 16.3 Å². The van der Waals surface area contributed by atoms with Gasteiger partial charge in [-0.3, -0.25) is 0 Å². The van der Waals surface area contributed by atoms with Gasteiger partial charge in [0.25, 0.3) is 0 Å². The molecule has 1 aliphatic heterocycles. The maximum Gasteiger partial charge on any atom is 0.226 e. The number of aromatic amines is 1. The van der Waals surface area contributed by atoms with Crippen molar-refractivity contribution in [3.05, 3.63) is 41.3 Å². The number of rotatable bonds is 4. The van der Waals surface area contributed by atoms with Gasteiger partial charge in [0.05, 0.1) is 6.54 Å². The molecule has 3 heterocycles. The van der Waals surface area contributed by atoms with Crippen molar-refractivity contribution in [3.63, 3.8) is 0 Å². The fourth-order valence-electron chi connectivity index (χ4n) is 2.91. The molecule has 124 valence electrons. The molecule has 0 bridgehead atoms. The van der Waals surface area contributed by atoms with Crippen molar-refractivity contribution < 1.29 is 4.74 Å². The molecule has 0 unspecified atom stereocenters. The molecule has 0 amide bonds. The van der Waals surface area contributed by atoms with Gasteiger partial charge in [-0.2, -0.15) is 9.97 Å². The van der Waals surface area contributed by atoms with Crippen molar-refractivity contribution >= 4 is 34.1 Å². The predicted octanol–water partition coefficient (Wildman–Crippen LogP) is 3.46. The molecular weight excluding hydrogens is 326 g/mol. The van der Waals surface area contributed by atoms with Crippen LogP contribution in [0.15, 0.2) is 30.5 Å². The molecule has 3 N–H and O–H groups in total. The molecule has 2 aromatic heterocycles. The van der Waals surface area contributed by atoms with Gasteiger partial charge in [0.1, 0.15) is 6.10 Å². The van der Waals surface area contributed by atoms with Gasteiger partial charge >= 0.3 is 0 Å². The Hall–Kier alpha value is -2.47. The molecule has 1 aliphatic rings. The average Bonchev–Trinajstić information content (AvgIpc) is 2.99. The van der Waals surface area contributed by atoms with Crippen molar-refractivity contribution in [1.29, 1.82) is 0 Å². The van der Waals surface area contributed by atoms with Crippen molar-refractivity contribution in [2.75, 3.05) is 23.7 Å². The summed E-state index contributed by atoms with van der Waals surface area (Å²) < 4.78 is 5.86. The van der Waals surface area contributed by atoms with Gasteiger partial charge in [-0.1, -0.05) is 18.2 Å².